The summed E-state index contributed by atoms with van der Waals surface area (Å²) >= 11 is 0. The lowest BCUT2D eigenvalue weighted by molar-refractivity contribution is -0.123. The molecule has 2 N–H and O–H groups in total. The average molecular weight is 575 g/mol. The van der Waals surface area contributed by atoms with E-state index >= 15 is 0 Å². The Hall–Kier alpha value is -1.06. The van der Waals surface area contributed by atoms with E-state index in [1.165, 1.54) is 161 Å². The van der Waals surface area contributed by atoms with Gasteiger partial charge in [-0.15, -0.1) is 0 Å². The molecule has 2 aliphatic rings. The number of amides is 2. The second-order valence-corrected chi connectivity index (χ2v) is 14.0. The van der Waals surface area contributed by atoms with E-state index in [0.29, 0.717) is 24.9 Å². The Morgan fingerprint density at radius 2 is 0.732 bits per heavy atom. The van der Waals surface area contributed by atoms with Gasteiger partial charge >= 0.3 is 0 Å². The Morgan fingerprint density at radius 1 is 0.439 bits per heavy atom. The zero-order chi connectivity index (χ0) is 29.4. The lowest BCUT2D eigenvalue weighted by Gasteiger charge is -2.34. The molecule has 2 fully saturated rings. The minimum atomic E-state index is 0.287. The van der Waals surface area contributed by atoms with Crippen LogP contribution in [0.15, 0.2) is 0 Å². The van der Waals surface area contributed by atoms with Crippen LogP contribution < -0.4 is 10.6 Å². The van der Waals surface area contributed by atoms with Crippen molar-refractivity contribution >= 4 is 11.8 Å². The Bertz CT molecular complexity index is 581. The molecule has 0 heterocycles. The number of hydrogen-bond acceptors (Lipinski definition) is 2. The van der Waals surface area contributed by atoms with Gasteiger partial charge in [-0.05, 0) is 82.5 Å². The largest absolute Gasteiger partial charge is 0.353 e. The molecular weight excluding hydrogens is 504 g/mol. The van der Waals surface area contributed by atoms with Crippen LogP contribution in [0.25, 0.3) is 0 Å². The molecule has 2 aliphatic carbocycles. The molecule has 4 heteroatoms. The van der Waals surface area contributed by atoms with Crippen molar-refractivity contribution in [2.45, 2.75) is 212 Å². The first-order valence-corrected chi connectivity index (χ1v) is 18.7. The van der Waals surface area contributed by atoms with Gasteiger partial charge in [0, 0.05) is 24.9 Å². The molecular formula is C37H70N2O2. The van der Waals surface area contributed by atoms with Gasteiger partial charge in [0.1, 0.15) is 0 Å². The lowest BCUT2D eigenvalue weighted by atomic mass is 9.75. The Morgan fingerprint density at radius 3 is 1.05 bits per heavy atom. The Kier molecular flexibility index (Phi) is 21.5. The SMILES string of the molecule is CCCCCCCCCCCC(=O)NC1CCC(CC2CCC(NC(=O)CCCCCCCCCCC)CC2)CC1. The summed E-state index contributed by atoms with van der Waals surface area (Å²) in [5, 5.41) is 6.69. The zero-order valence-corrected chi connectivity index (χ0v) is 27.6. The highest BCUT2D eigenvalue weighted by Crippen LogP contribution is 2.35. The first kappa shape index (κ1) is 36.1. The summed E-state index contributed by atoms with van der Waals surface area (Å²) < 4.78 is 0. The van der Waals surface area contributed by atoms with E-state index in [9.17, 15) is 9.59 Å². The van der Waals surface area contributed by atoms with Crippen molar-refractivity contribution in [2.75, 3.05) is 0 Å². The summed E-state index contributed by atoms with van der Waals surface area (Å²) in [4.78, 5) is 24.8. The molecule has 0 bridgehead atoms. The Labute approximate surface area is 255 Å². The van der Waals surface area contributed by atoms with Crippen LogP contribution in [0.1, 0.15) is 200 Å². The van der Waals surface area contributed by atoms with E-state index in [1.54, 1.807) is 0 Å². The van der Waals surface area contributed by atoms with Crippen molar-refractivity contribution < 1.29 is 9.59 Å². The van der Waals surface area contributed by atoms with Crippen molar-refractivity contribution in [1.29, 1.82) is 0 Å². The van der Waals surface area contributed by atoms with E-state index in [4.69, 9.17) is 0 Å². The third-order valence-electron chi connectivity index (χ3n) is 10.1. The van der Waals surface area contributed by atoms with E-state index in [0.717, 1.165) is 24.7 Å². The van der Waals surface area contributed by atoms with Gasteiger partial charge in [-0.3, -0.25) is 9.59 Å². The van der Waals surface area contributed by atoms with Gasteiger partial charge in [0.15, 0.2) is 0 Å². The maximum Gasteiger partial charge on any atom is 0.220 e. The molecule has 0 radical (unpaired) electrons. The number of carbonyl (C=O) groups excluding carboxylic acids is 2. The molecule has 0 atom stereocenters. The smallest absolute Gasteiger partial charge is 0.220 e. The average Bonchev–Trinajstić information content (AvgIpc) is 2.97. The number of unbranched alkanes of at least 4 members (excludes halogenated alkanes) is 16. The third kappa shape index (κ3) is 19.0. The summed E-state index contributed by atoms with van der Waals surface area (Å²) in [6.07, 6.45) is 36.0. The minimum absolute atomic E-state index is 0.287. The summed E-state index contributed by atoms with van der Waals surface area (Å²) in [7, 11) is 0. The molecule has 2 amide bonds. The number of nitrogens with one attached hydrogen (secondary N) is 2. The van der Waals surface area contributed by atoms with Gasteiger partial charge < -0.3 is 10.6 Å². The van der Waals surface area contributed by atoms with Crippen LogP contribution in [0.2, 0.25) is 0 Å². The Balaban J connectivity index is 1.42. The fourth-order valence-electron chi connectivity index (χ4n) is 7.35. The normalized spacial score (nSPS) is 22.9. The molecule has 41 heavy (non-hydrogen) atoms. The summed E-state index contributed by atoms with van der Waals surface area (Å²) in [6, 6.07) is 0.822. The second kappa shape index (κ2) is 24.4. The van der Waals surface area contributed by atoms with Crippen LogP contribution in [0, 0.1) is 11.8 Å². The quantitative estimate of drug-likeness (QED) is 0.113. The summed E-state index contributed by atoms with van der Waals surface area (Å²) in [5.74, 6) is 2.25. The fourth-order valence-corrected chi connectivity index (χ4v) is 7.35. The molecule has 0 spiro atoms. The van der Waals surface area contributed by atoms with Crippen LogP contribution in [0.5, 0.6) is 0 Å². The molecule has 2 rings (SSSR count). The predicted octanol–water partition coefficient (Wildman–Crippen LogP) is 10.6. The number of rotatable bonds is 24. The zero-order valence-electron chi connectivity index (χ0n) is 27.6. The first-order chi connectivity index (χ1) is 20.1. The van der Waals surface area contributed by atoms with Crippen LogP contribution in [0.4, 0.5) is 0 Å². The number of hydrogen-bond donors (Lipinski definition) is 2. The van der Waals surface area contributed by atoms with Gasteiger partial charge in [0.2, 0.25) is 11.8 Å². The van der Waals surface area contributed by atoms with Gasteiger partial charge in [-0.2, -0.15) is 0 Å². The van der Waals surface area contributed by atoms with E-state index in [1.807, 2.05) is 0 Å². The van der Waals surface area contributed by atoms with E-state index in [-0.39, 0.29) is 11.8 Å². The highest BCUT2D eigenvalue weighted by molar-refractivity contribution is 5.76. The van der Waals surface area contributed by atoms with Crippen LogP contribution in [0.3, 0.4) is 0 Å². The molecule has 240 valence electrons. The maximum atomic E-state index is 12.4. The molecule has 2 saturated carbocycles. The maximum absolute atomic E-state index is 12.4. The van der Waals surface area contributed by atoms with Crippen molar-refractivity contribution in [1.82, 2.24) is 10.6 Å². The van der Waals surface area contributed by atoms with Gasteiger partial charge in [0.05, 0.1) is 0 Å². The van der Waals surface area contributed by atoms with Crippen LogP contribution >= 0.6 is 0 Å². The highest BCUT2D eigenvalue weighted by atomic mass is 16.2. The van der Waals surface area contributed by atoms with Gasteiger partial charge in [-0.1, -0.05) is 117 Å². The molecule has 0 aromatic heterocycles. The molecule has 0 unspecified atom stereocenters. The standard InChI is InChI=1S/C37H70N2O2/c1-3-5-7-9-11-13-15-17-19-21-36(40)38-34-27-23-32(24-28-34)31-33-25-29-35(30-26-33)39-37(41)22-20-18-16-14-12-10-8-6-4-2/h32-35H,3-31H2,1-2H3,(H,38,40)(H,39,41). The molecule has 4 nitrogen and oxygen atoms in total. The molecule has 0 aliphatic heterocycles. The monoisotopic (exact) mass is 575 g/mol. The minimum Gasteiger partial charge on any atom is -0.353 e. The van der Waals surface area contributed by atoms with Crippen LogP contribution in [-0.4, -0.2) is 23.9 Å². The summed E-state index contributed by atoms with van der Waals surface area (Å²) in [6.45, 7) is 4.54. The third-order valence-corrected chi connectivity index (χ3v) is 10.1. The van der Waals surface area contributed by atoms with Gasteiger partial charge in [0.25, 0.3) is 0 Å². The van der Waals surface area contributed by atoms with Crippen molar-refractivity contribution in [3.63, 3.8) is 0 Å². The van der Waals surface area contributed by atoms with Gasteiger partial charge in [-0.25, -0.2) is 0 Å². The molecule has 0 saturated heterocycles. The fraction of sp³-hybridized carbons (Fsp3) is 0.946. The van der Waals surface area contributed by atoms with E-state index in [2.05, 4.69) is 24.5 Å². The first-order valence-electron chi connectivity index (χ1n) is 18.7. The topological polar surface area (TPSA) is 58.2 Å². The molecule has 0 aromatic carbocycles. The van der Waals surface area contributed by atoms with Crippen molar-refractivity contribution in [3.05, 3.63) is 0 Å². The van der Waals surface area contributed by atoms with Crippen LogP contribution in [-0.2, 0) is 9.59 Å². The van der Waals surface area contributed by atoms with Crippen molar-refractivity contribution in [3.8, 4) is 0 Å². The highest BCUT2D eigenvalue weighted by Gasteiger charge is 2.28. The number of carbonyl (C=O) groups is 2. The predicted molar refractivity (Wildman–Crippen MR) is 176 cm³/mol. The van der Waals surface area contributed by atoms with Crippen molar-refractivity contribution in [2.24, 2.45) is 11.8 Å². The van der Waals surface area contributed by atoms with E-state index < -0.39 is 0 Å². The lowest BCUT2D eigenvalue weighted by Crippen LogP contribution is -2.39. The summed E-state index contributed by atoms with van der Waals surface area (Å²) in [5.41, 5.74) is 0. The second-order valence-electron chi connectivity index (χ2n) is 14.0. The molecule has 0 aromatic rings.